The van der Waals surface area contributed by atoms with Crippen molar-refractivity contribution in [2.75, 3.05) is 31.8 Å². The van der Waals surface area contributed by atoms with E-state index in [1.54, 1.807) is 7.11 Å². The summed E-state index contributed by atoms with van der Waals surface area (Å²) in [4.78, 5) is 14.8. The molecule has 1 heterocycles. The number of amides is 1. The van der Waals surface area contributed by atoms with Crippen LogP contribution in [-0.2, 0) is 11.3 Å². The lowest BCUT2D eigenvalue weighted by atomic mass is 10.1. The van der Waals surface area contributed by atoms with Crippen molar-refractivity contribution in [1.82, 2.24) is 4.90 Å². The van der Waals surface area contributed by atoms with Crippen molar-refractivity contribution in [3.05, 3.63) is 65.7 Å². The first kappa shape index (κ1) is 18.1. The normalized spacial score (nSPS) is 13.6. The number of methoxy groups -OCH3 is 1. The molecule has 1 aliphatic heterocycles. The second-order valence-electron chi connectivity index (χ2n) is 6.46. The number of benzene rings is 2. The number of anilines is 1. The zero-order valence-electron chi connectivity index (χ0n) is 15.4. The van der Waals surface area contributed by atoms with Crippen LogP contribution in [0.5, 0.6) is 0 Å². The number of hydrogen-bond donors (Lipinski definition) is 0. The largest absolute Gasteiger partial charge is 0.383 e. The Hall–Kier alpha value is -2.66. The Balaban J connectivity index is 1.73. The van der Waals surface area contributed by atoms with Gasteiger partial charge in [-0.15, -0.1) is 0 Å². The first-order chi connectivity index (χ1) is 12.7. The number of carbonyl (C=O) groups excluding carboxylic acids is 1. The standard InChI is InChI=1S/C21H25N3O2/c1-17-12-13-24(22-17)20-10-8-19(9-11-20)21(25)23(14-15-26-2)16-18-6-4-3-5-7-18/h3-11H,12-16H2,1-2H3. The second-order valence-corrected chi connectivity index (χ2v) is 6.46. The number of ether oxygens (including phenoxy) is 1. The topological polar surface area (TPSA) is 45.1 Å². The van der Waals surface area contributed by atoms with E-state index in [0.29, 0.717) is 25.3 Å². The lowest BCUT2D eigenvalue weighted by molar-refractivity contribution is 0.0680. The lowest BCUT2D eigenvalue weighted by Gasteiger charge is -2.23. The van der Waals surface area contributed by atoms with E-state index in [0.717, 1.165) is 29.9 Å². The zero-order chi connectivity index (χ0) is 18.4. The number of hydrazone groups is 1. The van der Waals surface area contributed by atoms with Gasteiger partial charge in [0.25, 0.3) is 5.91 Å². The Bertz CT molecular complexity index is 757. The van der Waals surface area contributed by atoms with E-state index in [-0.39, 0.29) is 5.91 Å². The number of nitrogens with zero attached hydrogens (tertiary/aromatic N) is 3. The van der Waals surface area contributed by atoms with Crippen molar-refractivity contribution in [1.29, 1.82) is 0 Å². The van der Waals surface area contributed by atoms with Gasteiger partial charge in [-0.25, -0.2) is 0 Å². The average Bonchev–Trinajstić information content (AvgIpc) is 3.12. The fraction of sp³-hybridized carbons (Fsp3) is 0.333. The number of hydrogen-bond acceptors (Lipinski definition) is 4. The van der Waals surface area contributed by atoms with Gasteiger partial charge in [0.05, 0.1) is 12.3 Å². The summed E-state index contributed by atoms with van der Waals surface area (Å²) in [7, 11) is 1.65. The van der Waals surface area contributed by atoms with Crippen molar-refractivity contribution in [2.24, 2.45) is 5.10 Å². The molecule has 0 atom stereocenters. The smallest absolute Gasteiger partial charge is 0.254 e. The summed E-state index contributed by atoms with van der Waals surface area (Å²) in [5.41, 5.74) is 3.94. The molecule has 0 saturated heterocycles. The molecule has 1 amide bonds. The predicted octanol–water partition coefficient (Wildman–Crippen LogP) is 3.56. The molecule has 5 heteroatoms. The van der Waals surface area contributed by atoms with Gasteiger partial charge in [0.2, 0.25) is 0 Å². The van der Waals surface area contributed by atoms with Crippen LogP contribution >= 0.6 is 0 Å². The van der Waals surface area contributed by atoms with E-state index < -0.39 is 0 Å². The molecule has 0 radical (unpaired) electrons. The third-order valence-electron chi connectivity index (χ3n) is 4.46. The Morgan fingerprint density at radius 2 is 1.88 bits per heavy atom. The minimum absolute atomic E-state index is 0.0126. The highest BCUT2D eigenvalue weighted by atomic mass is 16.5. The molecule has 0 saturated carbocycles. The van der Waals surface area contributed by atoms with Crippen molar-refractivity contribution >= 4 is 17.3 Å². The molecule has 5 nitrogen and oxygen atoms in total. The first-order valence-electron chi connectivity index (χ1n) is 8.91. The van der Waals surface area contributed by atoms with Gasteiger partial charge < -0.3 is 9.64 Å². The van der Waals surface area contributed by atoms with Gasteiger partial charge in [-0.3, -0.25) is 9.80 Å². The summed E-state index contributed by atoms with van der Waals surface area (Å²) in [5.74, 6) is 0.0126. The van der Waals surface area contributed by atoms with Crippen LogP contribution in [0.15, 0.2) is 59.7 Å². The number of rotatable bonds is 7. The van der Waals surface area contributed by atoms with Gasteiger partial charge in [-0.1, -0.05) is 30.3 Å². The van der Waals surface area contributed by atoms with Crippen molar-refractivity contribution < 1.29 is 9.53 Å². The van der Waals surface area contributed by atoms with E-state index in [2.05, 4.69) is 5.10 Å². The molecule has 136 valence electrons. The molecule has 0 aromatic heterocycles. The van der Waals surface area contributed by atoms with Crippen LogP contribution in [0.3, 0.4) is 0 Å². The van der Waals surface area contributed by atoms with Gasteiger partial charge in [0.1, 0.15) is 0 Å². The monoisotopic (exact) mass is 351 g/mol. The summed E-state index contributed by atoms with van der Waals surface area (Å²) in [6, 6.07) is 17.7. The van der Waals surface area contributed by atoms with E-state index in [1.165, 1.54) is 0 Å². The molecule has 0 fully saturated rings. The van der Waals surface area contributed by atoms with Gasteiger partial charge in [0.15, 0.2) is 0 Å². The maximum Gasteiger partial charge on any atom is 0.254 e. The van der Waals surface area contributed by atoms with Crippen LogP contribution in [-0.4, -0.2) is 43.3 Å². The van der Waals surface area contributed by atoms with Gasteiger partial charge in [-0.2, -0.15) is 5.10 Å². The summed E-state index contributed by atoms with van der Waals surface area (Å²) in [6.45, 7) is 4.57. The van der Waals surface area contributed by atoms with Crippen LogP contribution in [0.4, 0.5) is 5.69 Å². The Kier molecular flexibility index (Phi) is 6.02. The molecular weight excluding hydrogens is 326 g/mol. The van der Waals surface area contributed by atoms with E-state index >= 15 is 0 Å². The van der Waals surface area contributed by atoms with Gasteiger partial charge in [-0.05, 0) is 36.8 Å². The molecule has 26 heavy (non-hydrogen) atoms. The third-order valence-corrected chi connectivity index (χ3v) is 4.46. The highest BCUT2D eigenvalue weighted by molar-refractivity contribution is 5.94. The predicted molar refractivity (Wildman–Crippen MR) is 105 cm³/mol. The molecule has 0 bridgehead atoms. The number of carbonyl (C=O) groups is 1. The second kappa shape index (κ2) is 8.63. The van der Waals surface area contributed by atoms with Crippen LogP contribution in [0.25, 0.3) is 0 Å². The van der Waals surface area contributed by atoms with Crippen LogP contribution < -0.4 is 5.01 Å². The SMILES string of the molecule is COCCN(Cc1ccccc1)C(=O)c1ccc(N2CCC(C)=N2)cc1. The highest BCUT2D eigenvalue weighted by Crippen LogP contribution is 2.21. The molecule has 2 aromatic rings. The Labute approximate surface area is 154 Å². The van der Waals surface area contributed by atoms with Crippen molar-refractivity contribution in [2.45, 2.75) is 19.9 Å². The molecule has 2 aromatic carbocycles. The minimum Gasteiger partial charge on any atom is -0.383 e. The fourth-order valence-electron chi connectivity index (χ4n) is 2.98. The lowest BCUT2D eigenvalue weighted by Crippen LogP contribution is -2.33. The Morgan fingerprint density at radius 1 is 1.15 bits per heavy atom. The third kappa shape index (κ3) is 4.49. The molecule has 0 N–H and O–H groups in total. The molecule has 0 unspecified atom stereocenters. The van der Waals surface area contributed by atoms with E-state index in [9.17, 15) is 4.79 Å². The summed E-state index contributed by atoms with van der Waals surface area (Å²) >= 11 is 0. The van der Waals surface area contributed by atoms with Crippen molar-refractivity contribution in [3.63, 3.8) is 0 Å². The maximum absolute atomic E-state index is 13.0. The van der Waals surface area contributed by atoms with Crippen LogP contribution in [0.2, 0.25) is 0 Å². The molecule has 0 spiro atoms. The molecular formula is C21H25N3O2. The quantitative estimate of drug-likeness (QED) is 0.766. The first-order valence-corrected chi connectivity index (χ1v) is 8.91. The fourth-order valence-corrected chi connectivity index (χ4v) is 2.98. The van der Waals surface area contributed by atoms with Gasteiger partial charge >= 0.3 is 0 Å². The minimum atomic E-state index is 0.0126. The molecule has 0 aliphatic carbocycles. The summed E-state index contributed by atoms with van der Waals surface area (Å²) in [5, 5.41) is 6.49. The molecule has 3 rings (SSSR count). The Morgan fingerprint density at radius 3 is 2.50 bits per heavy atom. The summed E-state index contributed by atoms with van der Waals surface area (Å²) < 4.78 is 5.18. The summed E-state index contributed by atoms with van der Waals surface area (Å²) in [6.07, 6.45) is 0.989. The zero-order valence-corrected chi connectivity index (χ0v) is 15.4. The van der Waals surface area contributed by atoms with Crippen LogP contribution in [0, 0.1) is 0 Å². The average molecular weight is 351 g/mol. The van der Waals surface area contributed by atoms with Crippen LogP contribution in [0.1, 0.15) is 29.3 Å². The van der Waals surface area contributed by atoms with E-state index in [1.807, 2.05) is 71.4 Å². The van der Waals surface area contributed by atoms with Crippen molar-refractivity contribution in [3.8, 4) is 0 Å². The maximum atomic E-state index is 13.0. The van der Waals surface area contributed by atoms with E-state index in [4.69, 9.17) is 4.74 Å². The highest BCUT2D eigenvalue weighted by Gasteiger charge is 2.17. The van der Waals surface area contributed by atoms with Gasteiger partial charge in [0, 0.05) is 44.4 Å². The molecule has 1 aliphatic rings.